The number of hydrogen-bond acceptors (Lipinski definition) is 5. The largest absolute Gasteiger partial charge is 0.497 e. The Bertz CT molecular complexity index is 682. The Morgan fingerprint density at radius 2 is 1.83 bits per heavy atom. The number of ether oxygens (including phenoxy) is 1. The van der Waals surface area contributed by atoms with E-state index in [-0.39, 0.29) is 11.3 Å². The fourth-order valence-electron chi connectivity index (χ4n) is 1.85. The molecule has 0 saturated carbocycles. The lowest BCUT2D eigenvalue weighted by Gasteiger charge is -2.20. The van der Waals surface area contributed by atoms with Crippen molar-refractivity contribution in [3.63, 3.8) is 0 Å². The Hall–Kier alpha value is -2.39. The van der Waals surface area contributed by atoms with Crippen molar-refractivity contribution in [1.82, 2.24) is 4.72 Å². The minimum atomic E-state index is -4.21. The molecule has 1 aromatic rings. The topological polar surface area (TPSA) is 130 Å². The molecule has 0 heterocycles. The molecule has 0 saturated heterocycles. The maximum Gasteiger partial charge on any atom is 0.322 e. The molecule has 8 nitrogen and oxygen atoms in total. The third-order valence-electron chi connectivity index (χ3n) is 3.06. The summed E-state index contributed by atoms with van der Waals surface area (Å²) in [5.74, 6) is -4.07. The van der Waals surface area contributed by atoms with E-state index in [0.717, 1.165) is 0 Å². The van der Waals surface area contributed by atoms with Crippen LogP contribution in [0.15, 0.2) is 41.8 Å². The van der Waals surface area contributed by atoms with E-state index in [1.54, 1.807) is 0 Å². The van der Waals surface area contributed by atoms with E-state index in [1.807, 2.05) is 4.72 Å². The van der Waals surface area contributed by atoms with Crippen LogP contribution in [-0.2, 0) is 19.6 Å². The van der Waals surface area contributed by atoms with Gasteiger partial charge in [-0.05, 0) is 30.7 Å². The van der Waals surface area contributed by atoms with E-state index in [4.69, 9.17) is 14.9 Å². The van der Waals surface area contributed by atoms with Crippen molar-refractivity contribution < 1.29 is 33.0 Å². The number of aliphatic carboxylic acids is 2. The Balaban J connectivity index is 3.12. The molecule has 126 valence electrons. The van der Waals surface area contributed by atoms with Crippen LogP contribution < -0.4 is 9.46 Å². The minimum absolute atomic E-state index is 0.197. The van der Waals surface area contributed by atoms with Gasteiger partial charge in [-0.3, -0.25) is 9.59 Å². The summed E-state index contributed by atoms with van der Waals surface area (Å²) >= 11 is 0. The number of sulfonamides is 1. The van der Waals surface area contributed by atoms with Gasteiger partial charge in [0.25, 0.3) is 0 Å². The molecule has 0 spiro atoms. The quantitative estimate of drug-likeness (QED) is 0.563. The highest BCUT2D eigenvalue weighted by Crippen LogP contribution is 2.18. The Morgan fingerprint density at radius 3 is 2.22 bits per heavy atom. The summed E-state index contributed by atoms with van der Waals surface area (Å²) in [6, 6.07) is 3.41. The summed E-state index contributed by atoms with van der Waals surface area (Å²) in [4.78, 5) is 22.3. The molecule has 0 radical (unpaired) electrons. The van der Waals surface area contributed by atoms with Gasteiger partial charge in [0.15, 0.2) is 0 Å². The Kier molecular flexibility index (Phi) is 6.28. The van der Waals surface area contributed by atoms with Crippen LogP contribution in [0.5, 0.6) is 5.75 Å². The van der Waals surface area contributed by atoms with E-state index < -0.39 is 33.9 Å². The maximum absolute atomic E-state index is 12.2. The molecule has 0 aliphatic carbocycles. The summed E-state index contributed by atoms with van der Waals surface area (Å²) in [5, 5.41) is 18.3. The first-order valence-corrected chi connectivity index (χ1v) is 7.94. The molecular formula is C14H17NO7S. The number of carboxylic acid groups (broad SMARTS) is 2. The van der Waals surface area contributed by atoms with Gasteiger partial charge in [0.1, 0.15) is 11.8 Å². The maximum atomic E-state index is 12.2. The van der Waals surface area contributed by atoms with Gasteiger partial charge in [-0.15, -0.1) is 6.58 Å². The lowest BCUT2D eigenvalue weighted by Crippen LogP contribution is -2.48. The molecule has 23 heavy (non-hydrogen) atoms. The first-order chi connectivity index (χ1) is 10.7. The second kappa shape index (κ2) is 7.75. The summed E-state index contributed by atoms with van der Waals surface area (Å²) < 4.78 is 31.3. The zero-order chi connectivity index (χ0) is 17.6. The van der Waals surface area contributed by atoms with Gasteiger partial charge in [0.2, 0.25) is 10.0 Å². The lowest BCUT2D eigenvalue weighted by atomic mass is 9.97. The number of rotatable bonds is 9. The number of nitrogens with one attached hydrogen (secondary N) is 1. The van der Waals surface area contributed by atoms with E-state index in [9.17, 15) is 18.0 Å². The monoisotopic (exact) mass is 343 g/mol. The van der Waals surface area contributed by atoms with Gasteiger partial charge in [-0.2, -0.15) is 4.72 Å². The lowest BCUT2D eigenvalue weighted by molar-refractivity contribution is -0.150. The van der Waals surface area contributed by atoms with Crippen LogP contribution in [0, 0.1) is 5.92 Å². The van der Waals surface area contributed by atoms with Crippen LogP contribution in [0.3, 0.4) is 0 Å². The number of carboxylic acids is 2. The number of benzene rings is 1. The summed E-state index contributed by atoms with van der Waals surface area (Å²) in [5.41, 5.74) is 0. The number of carbonyl (C=O) groups is 2. The van der Waals surface area contributed by atoms with E-state index in [1.165, 1.54) is 37.5 Å². The van der Waals surface area contributed by atoms with Crippen LogP contribution in [0.4, 0.5) is 0 Å². The smallest absolute Gasteiger partial charge is 0.322 e. The zero-order valence-corrected chi connectivity index (χ0v) is 13.1. The van der Waals surface area contributed by atoms with Crippen molar-refractivity contribution in [3.05, 3.63) is 36.9 Å². The van der Waals surface area contributed by atoms with E-state index >= 15 is 0 Å². The normalized spacial score (nSPS) is 13.8. The predicted molar refractivity (Wildman–Crippen MR) is 80.7 cm³/mol. The van der Waals surface area contributed by atoms with Crippen LogP contribution >= 0.6 is 0 Å². The molecular weight excluding hydrogens is 326 g/mol. The highest BCUT2D eigenvalue weighted by molar-refractivity contribution is 7.89. The van der Waals surface area contributed by atoms with Crippen molar-refractivity contribution >= 4 is 22.0 Å². The summed E-state index contributed by atoms with van der Waals surface area (Å²) in [6.45, 7) is 3.35. The van der Waals surface area contributed by atoms with Crippen LogP contribution in [0.2, 0.25) is 0 Å². The molecule has 9 heteroatoms. The SMILES string of the molecule is C=CCC(C(=O)O)C(NS(=O)(=O)c1ccc(OC)cc1)C(=O)O. The average molecular weight is 343 g/mol. The van der Waals surface area contributed by atoms with Crippen molar-refractivity contribution in [3.8, 4) is 5.75 Å². The highest BCUT2D eigenvalue weighted by atomic mass is 32.2. The fraction of sp³-hybridized carbons (Fsp3) is 0.286. The summed E-state index contributed by atoms with van der Waals surface area (Å²) in [7, 11) is -2.80. The van der Waals surface area contributed by atoms with Crippen molar-refractivity contribution in [2.75, 3.05) is 7.11 Å². The van der Waals surface area contributed by atoms with Crippen molar-refractivity contribution in [1.29, 1.82) is 0 Å². The molecule has 0 aromatic heterocycles. The molecule has 1 aromatic carbocycles. The molecule has 0 amide bonds. The molecule has 0 aliphatic rings. The molecule has 2 atom stereocenters. The van der Waals surface area contributed by atoms with Crippen LogP contribution in [0.25, 0.3) is 0 Å². The minimum Gasteiger partial charge on any atom is -0.497 e. The third kappa shape index (κ3) is 4.80. The number of allylic oxidation sites excluding steroid dienone is 1. The van der Waals surface area contributed by atoms with Gasteiger partial charge in [0.05, 0.1) is 17.9 Å². The van der Waals surface area contributed by atoms with E-state index in [2.05, 4.69) is 6.58 Å². The third-order valence-corrected chi connectivity index (χ3v) is 4.52. The number of hydrogen-bond donors (Lipinski definition) is 3. The highest BCUT2D eigenvalue weighted by Gasteiger charge is 2.36. The van der Waals surface area contributed by atoms with Gasteiger partial charge >= 0.3 is 11.9 Å². The fourth-order valence-corrected chi connectivity index (χ4v) is 3.08. The van der Waals surface area contributed by atoms with Gasteiger partial charge in [-0.1, -0.05) is 6.08 Å². The second-order valence-electron chi connectivity index (χ2n) is 4.58. The molecule has 3 N–H and O–H groups in total. The zero-order valence-electron chi connectivity index (χ0n) is 12.3. The molecule has 0 bridgehead atoms. The van der Waals surface area contributed by atoms with Crippen LogP contribution in [-0.4, -0.2) is 43.7 Å². The summed E-state index contributed by atoms with van der Waals surface area (Å²) in [6.07, 6.45) is 1.02. The van der Waals surface area contributed by atoms with Gasteiger partial charge in [-0.25, -0.2) is 8.42 Å². The van der Waals surface area contributed by atoms with Crippen LogP contribution in [0.1, 0.15) is 6.42 Å². The number of methoxy groups -OCH3 is 1. The Labute approximate surface area is 133 Å². The molecule has 0 aliphatic heterocycles. The van der Waals surface area contributed by atoms with Gasteiger partial charge in [0, 0.05) is 0 Å². The predicted octanol–water partition coefficient (Wildman–Crippen LogP) is 0.704. The van der Waals surface area contributed by atoms with E-state index in [0.29, 0.717) is 5.75 Å². The first-order valence-electron chi connectivity index (χ1n) is 6.45. The first kappa shape index (κ1) is 18.7. The second-order valence-corrected chi connectivity index (χ2v) is 6.30. The Morgan fingerprint density at radius 1 is 1.26 bits per heavy atom. The van der Waals surface area contributed by atoms with Gasteiger partial charge < -0.3 is 14.9 Å². The molecule has 2 unspecified atom stereocenters. The average Bonchev–Trinajstić information content (AvgIpc) is 2.50. The molecule has 1 rings (SSSR count). The van der Waals surface area contributed by atoms with Crippen molar-refractivity contribution in [2.45, 2.75) is 17.4 Å². The van der Waals surface area contributed by atoms with Crippen molar-refractivity contribution in [2.24, 2.45) is 5.92 Å². The standard InChI is InChI=1S/C14H17NO7S/c1-3-4-11(13(16)17)12(14(18)19)15-23(20,21)10-7-5-9(22-2)6-8-10/h3,5-8,11-12,15H,1,4H2,2H3,(H,16,17)(H,18,19). The molecule has 0 fully saturated rings.